The number of Topliss-reactive ketones (excluding diaryl/α,β-unsaturated/α-hetero) is 2. The minimum atomic E-state index is -0.478. The van der Waals surface area contributed by atoms with E-state index in [1.807, 2.05) is 6.07 Å². The Kier molecular flexibility index (Phi) is 2.89. The Morgan fingerprint density at radius 1 is 1.05 bits per heavy atom. The average molecular weight is 254 g/mol. The fourth-order valence-electron chi connectivity index (χ4n) is 3.83. The molecule has 3 rings (SSSR count). The van der Waals surface area contributed by atoms with Gasteiger partial charge in [0.25, 0.3) is 0 Å². The number of hydrogen-bond acceptors (Lipinski definition) is 2. The van der Waals surface area contributed by atoms with Crippen LogP contribution in [0.25, 0.3) is 0 Å². The first-order valence-corrected chi connectivity index (χ1v) is 6.87. The Morgan fingerprint density at radius 3 is 2.32 bits per heavy atom. The first-order valence-electron chi connectivity index (χ1n) is 6.87. The molecule has 0 saturated heterocycles. The van der Waals surface area contributed by atoms with Gasteiger partial charge in [-0.2, -0.15) is 0 Å². The number of fused-ring (bicyclic) bond motifs is 5. The second-order valence-corrected chi connectivity index (χ2v) is 5.74. The van der Waals surface area contributed by atoms with E-state index in [1.165, 1.54) is 25.0 Å². The molecule has 2 bridgehead atoms. The molecule has 0 spiro atoms. The van der Waals surface area contributed by atoms with Crippen molar-refractivity contribution in [1.29, 1.82) is 0 Å². The summed E-state index contributed by atoms with van der Waals surface area (Å²) in [6.07, 6.45) is 5.33. The van der Waals surface area contributed by atoms with Crippen LogP contribution in [-0.2, 0) is 9.59 Å². The van der Waals surface area contributed by atoms with Crippen molar-refractivity contribution in [2.24, 2.45) is 11.8 Å². The Bertz CT molecular complexity index is 556. The van der Waals surface area contributed by atoms with Crippen molar-refractivity contribution in [3.05, 3.63) is 47.5 Å². The molecule has 2 aliphatic rings. The summed E-state index contributed by atoms with van der Waals surface area (Å²) in [5.41, 5.74) is 2.70. The van der Waals surface area contributed by atoms with E-state index in [0.29, 0.717) is 11.8 Å². The average Bonchev–Trinajstić information content (AvgIpc) is 2.66. The second-order valence-electron chi connectivity index (χ2n) is 5.74. The zero-order chi connectivity index (χ0) is 13.6. The molecule has 0 heterocycles. The number of carbonyl (C=O) groups is 2. The van der Waals surface area contributed by atoms with Crippen molar-refractivity contribution in [3.63, 3.8) is 0 Å². The van der Waals surface area contributed by atoms with Gasteiger partial charge in [0.1, 0.15) is 11.6 Å². The Balaban J connectivity index is 2.03. The van der Waals surface area contributed by atoms with Crippen molar-refractivity contribution in [3.8, 4) is 0 Å². The molecule has 0 fully saturated rings. The number of rotatable bonds is 3. The van der Waals surface area contributed by atoms with Crippen molar-refractivity contribution < 1.29 is 9.59 Å². The summed E-state index contributed by atoms with van der Waals surface area (Å²) in [5, 5.41) is 0. The summed E-state index contributed by atoms with van der Waals surface area (Å²) in [6, 6.07) is 8.43. The van der Waals surface area contributed by atoms with Crippen LogP contribution in [-0.4, -0.2) is 11.6 Å². The maximum absolute atomic E-state index is 11.8. The lowest BCUT2D eigenvalue weighted by Crippen LogP contribution is -2.31. The smallest absolute Gasteiger partial charge is 0.140 e. The van der Waals surface area contributed by atoms with Gasteiger partial charge < -0.3 is 0 Å². The maximum Gasteiger partial charge on any atom is 0.140 e. The molecule has 0 N–H and O–H groups in total. The molecule has 1 aromatic rings. The predicted molar refractivity (Wildman–Crippen MR) is 74.0 cm³/mol. The van der Waals surface area contributed by atoms with E-state index in [4.69, 9.17) is 0 Å². The molecule has 0 saturated carbocycles. The minimum Gasteiger partial charge on any atom is -0.299 e. The third kappa shape index (κ3) is 1.86. The number of carbonyl (C=O) groups excluding carboxylic acids is 2. The summed E-state index contributed by atoms with van der Waals surface area (Å²) in [4.78, 5) is 23.6. The second kappa shape index (κ2) is 4.44. The fraction of sp³-hybridized carbons (Fsp3) is 0.412. The van der Waals surface area contributed by atoms with E-state index in [0.717, 1.165) is 6.42 Å². The van der Waals surface area contributed by atoms with Gasteiger partial charge in [-0.05, 0) is 37.3 Å². The van der Waals surface area contributed by atoms with Gasteiger partial charge in [0, 0.05) is 11.8 Å². The van der Waals surface area contributed by atoms with Crippen LogP contribution in [0.2, 0.25) is 0 Å². The molecule has 2 nitrogen and oxygen atoms in total. The van der Waals surface area contributed by atoms with Gasteiger partial charge in [-0.3, -0.25) is 9.59 Å². The van der Waals surface area contributed by atoms with E-state index < -0.39 is 5.92 Å². The summed E-state index contributed by atoms with van der Waals surface area (Å²) in [5.74, 6) is 0.333. The molecule has 1 aromatic carbocycles. The summed E-state index contributed by atoms with van der Waals surface area (Å²) >= 11 is 0. The zero-order valence-electron chi connectivity index (χ0n) is 11.3. The fourth-order valence-corrected chi connectivity index (χ4v) is 3.83. The monoisotopic (exact) mass is 254 g/mol. The molecule has 0 aromatic heterocycles. The van der Waals surface area contributed by atoms with Gasteiger partial charge in [-0.25, -0.2) is 0 Å². The van der Waals surface area contributed by atoms with Crippen LogP contribution < -0.4 is 0 Å². The van der Waals surface area contributed by atoms with Gasteiger partial charge in [-0.15, -0.1) is 0 Å². The lowest BCUT2D eigenvalue weighted by atomic mass is 9.73. The standard InChI is InChI=1S/C17H18O2/c1-10(18)17(11(2)19)15-8-7-12-9-16(15)14-6-4-3-5-13(12)14/h3-8,12,15-17H,9H2,1-2H3/t12-,15-,16+/m0/s1. The first kappa shape index (κ1) is 12.3. The highest BCUT2D eigenvalue weighted by molar-refractivity contribution is 6.01. The topological polar surface area (TPSA) is 34.1 Å². The van der Waals surface area contributed by atoms with Crippen LogP contribution in [0.1, 0.15) is 43.2 Å². The highest BCUT2D eigenvalue weighted by atomic mass is 16.1. The molecule has 0 amide bonds. The van der Waals surface area contributed by atoms with E-state index in [1.54, 1.807) is 0 Å². The molecule has 2 aliphatic carbocycles. The van der Waals surface area contributed by atoms with Crippen molar-refractivity contribution in [2.45, 2.75) is 32.1 Å². The number of ketones is 2. The molecule has 3 atom stereocenters. The molecule has 19 heavy (non-hydrogen) atoms. The summed E-state index contributed by atoms with van der Waals surface area (Å²) < 4.78 is 0. The molecular weight excluding hydrogens is 236 g/mol. The van der Waals surface area contributed by atoms with Gasteiger partial charge in [0.15, 0.2) is 0 Å². The van der Waals surface area contributed by atoms with Crippen LogP contribution in [0, 0.1) is 11.8 Å². The highest BCUT2D eigenvalue weighted by Crippen LogP contribution is 2.51. The number of hydrogen-bond donors (Lipinski definition) is 0. The normalized spacial score (nSPS) is 27.4. The lowest BCUT2D eigenvalue weighted by molar-refractivity contribution is -0.132. The van der Waals surface area contributed by atoms with E-state index in [2.05, 4.69) is 30.4 Å². The molecule has 0 unspecified atom stereocenters. The highest BCUT2D eigenvalue weighted by Gasteiger charge is 2.42. The molecular formula is C17H18O2. The molecule has 0 radical (unpaired) electrons. The SMILES string of the molecule is CC(=O)C(C(C)=O)[C@H]1C=C[C@H]2C[C@@H]1c1ccccc12. The zero-order valence-corrected chi connectivity index (χ0v) is 11.3. The summed E-state index contributed by atoms with van der Waals surface area (Å²) in [6.45, 7) is 3.07. The van der Waals surface area contributed by atoms with E-state index in [9.17, 15) is 9.59 Å². The quantitative estimate of drug-likeness (QED) is 0.613. The Morgan fingerprint density at radius 2 is 1.68 bits per heavy atom. The lowest BCUT2D eigenvalue weighted by Gasteiger charge is -2.29. The van der Waals surface area contributed by atoms with Gasteiger partial charge in [0.05, 0.1) is 5.92 Å². The van der Waals surface area contributed by atoms with Gasteiger partial charge in [-0.1, -0.05) is 36.4 Å². The molecule has 98 valence electrons. The molecule has 2 heteroatoms. The minimum absolute atomic E-state index is 0.00928. The van der Waals surface area contributed by atoms with Gasteiger partial charge in [0.2, 0.25) is 0 Å². The Hall–Kier alpha value is -1.70. The predicted octanol–water partition coefficient (Wildman–Crippen LogP) is 3.24. The van der Waals surface area contributed by atoms with Crippen LogP contribution >= 0.6 is 0 Å². The third-order valence-corrected chi connectivity index (χ3v) is 4.59. The first-order chi connectivity index (χ1) is 9.09. The van der Waals surface area contributed by atoms with E-state index in [-0.39, 0.29) is 17.5 Å². The van der Waals surface area contributed by atoms with Crippen LogP contribution in [0.3, 0.4) is 0 Å². The molecule has 0 aliphatic heterocycles. The van der Waals surface area contributed by atoms with E-state index >= 15 is 0 Å². The van der Waals surface area contributed by atoms with Crippen LogP contribution in [0.4, 0.5) is 0 Å². The van der Waals surface area contributed by atoms with Crippen molar-refractivity contribution >= 4 is 11.6 Å². The van der Waals surface area contributed by atoms with Crippen molar-refractivity contribution in [2.75, 3.05) is 0 Å². The largest absolute Gasteiger partial charge is 0.299 e. The van der Waals surface area contributed by atoms with Crippen LogP contribution in [0.5, 0.6) is 0 Å². The maximum atomic E-state index is 11.8. The van der Waals surface area contributed by atoms with Gasteiger partial charge >= 0.3 is 0 Å². The third-order valence-electron chi connectivity index (χ3n) is 4.59. The number of benzene rings is 1. The summed E-state index contributed by atoms with van der Waals surface area (Å²) in [7, 11) is 0. The number of allylic oxidation sites excluding steroid dienone is 2. The Labute approximate surface area is 113 Å². The van der Waals surface area contributed by atoms with Crippen LogP contribution in [0.15, 0.2) is 36.4 Å². The van der Waals surface area contributed by atoms with Crippen molar-refractivity contribution in [1.82, 2.24) is 0 Å².